The van der Waals surface area contributed by atoms with Crippen LogP contribution in [0.2, 0.25) is 0 Å². The van der Waals surface area contributed by atoms with Crippen LogP contribution in [-0.2, 0) is 11.2 Å². The van der Waals surface area contributed by atoms with Crippen molar-refractivity contribution in [1.29, 1.82) is 0 Å². The standard InChI is InChI=1S/C20H24N4O/c1-2-3-8-16(15-7-6-13-21-14-15)24-20(25)12-11-19-22-17-9-4-5-10-18(17)23-19/h4-7,9-10,13-14,16H,2-3,8,11-12H2,1H3,(H,22,23)(H,24,25)/t16-/m0/s1. The van der Waals surface area contributed by atoms with Crippen LogP contribution in [-0.4, -0.2) is 20.9 Å². The first kappa shape index (κ1) is 17.1. The van der Waals surface area contributed by atoms with Gasteiger partial charge in [-0.15, -0.1) is 0 Å². The summed E-state index contributed by atoms with van der Waals surface area (Å²) in [7, 11) is 0. The van der Waals surface area contributed by atoms with Crippen LogP contribution in [0.1, 0.15) is 50.0 Å². The molecule has 2 aromatic heterocycles. The third-order valence-corrected chi connectivity index (χ3v) is 4.30. The lowest BCUT2D eigenvalue weighted by molar-refractivity contribution is -0.121. The molecule has 0 radical (unpaired) electrons. The number of benzene rings is 1. The summed E-state index contributed by atoms with van der Waals surface area (Å²) in [4.78, 5) is 24.4. The Morgan fingerprint density at radius 2 is 2.12 bits per heavy atom. The fourth-order valence-electron chi connectivity index (χ4n) is 2.93. The van der Waals surface area contributed by atoms with E-state index in [1.807, 2.05) is 42.6 Å². The highest BCUT2D eigenvalue weighted by atomic mass is 16.1. The fourth-order valence-corrected chi connectivity index (χ4v) is 2.93. The van der Waals surface area contributed by atoms with Gasteiger partial charge in [0.15, 0.2) is 0 Å². The van der Waals surface area contributed by atoms with Gasteiger partial charge in [0.25, 0.3) is 0 Å². The number of H-pyrrole nitrogens is 1. The third-order valence-electron chi connectivity index (χ3n) is 4.30. The SMILES string of the molecule is CCCC[C@H](NC(=O)CCc1nc2ccccc2[nH]1)c1cccnc1. The highest BCUT2D eigenvalue weighted by molar-refractivity contribution is 5.77. The largest absolute Gasteiger partial charge is 0.349 e. The molecule has 0 unspecified atom stereocenters. The van der Waals surface area contributed by atoms with Gasteiger partial charge >= 0.3 is 0 Å². The molecule has 0 aliphatic carbocycles. The van der Waals surface area contributed by atoms with Crippen molar-refractivity contribution in [3.05, 3.63) is 60.2 Å². The van der Waals surface area contributed by atoms with Crippen LogP contribution in [0.4, 0.5) is 0 Å². The summed E-state index contributed by atoms with van der Waals surface area (Å²) in [5.74, 6) is 0.897. The number of imidazole rings is 1. The third kappa shape index (κ3) is 4.66. The molecular weight excluding hydrogens is 312 g/mol. The molecule has 3 aromatic rings. The average Bonchev–Trinajstić information content (AvgIpc) is 3.07. The fraction of sp³-hybridized carbons (Fsp3) is 0.350. The van der Waals surface area contributed by atoms with Crippen molar-refractivity contribution in [1.82, 2.24) is 20.3 Å². The Balaban J connectivity index is 1.59. The van der Waals surface area contributed by atoms with Crippen molar-refractivity contribution in [2.24, 2.45) is 0 Å². The van der Waals surface area contributed by atoms with Gasteiger partial charge in [-0.3, -0.25) is 9.78 Å². The van der Waals surface area contributed by atoms with E-state index in [4.69, 9.17) is 0 Å². The minimum absolute atomic E-state index is 0.0248. The van der Waals surface area contributed by atoms with E-state index >= 15 is 0 Å². The molecule has 130 valence electrons. The molecule has 2 N–H and O–H groups in total. The van der Waals surface area contributed by atoms with Gasteiger partial charge in [0.1, 0.15) is 5.82 Å². The first-order valence-corrected chi connectivity index (χ1v) is 8.89. The molecule has 0 aliphatic rings. The van der Waals surface area contributed by atoms with Crippen molar-refractivity contribution in [3.8, 4) is 0 Å². The number of aromatic amines is 1. The van der Waals surface area contributed by atoms with Crippen molar-refractivity contribution in [2.75, 3.05) is 0 Å². The zero-order valence-electron chi connectivity index (χ0n) is 14.5. The van der Waals surface area contributed by atoms with Gasteiger partial charge in [-0.2, -0.15) is 0 Å². The van der Waals surface area contributed by atoms with Crippen LogP contribution in [0.15, 0.2) is 48.8 Å². The predicted octanol–water partition coefficient (Wildman–Crippen LogP) is 3.94. The van der Waals surface area contributed by atoms with E-state index in [0.29, 0.717) is 12.8 Å². The van der Waals surface area contributed by atoms with Gasteiger partial charge in [0.2, 0.25) is 5.91 Å². The number of amides is 1. The maximum absolute atomic E-state index is 12.4. The maximum atomic E-state index is 12.4. The summed E-state index contributed by atoms with van der Waals surface area (Å²) in [6.45, 7) is 2.16. The van der Waals surface area contributed by atoms with Gasteiger partial charge in [0.05, 0.1) is 17.1 Å². The van der Waals surface area contributed by atoms with Crippen LogP contribution in [0.3, 0.4) is 0 Å². The number of rotatable bonds is 8. The summed E-state index contributed by atoms with van der Waals surface area (Å²) < 4.78 is 0. The van der Waals surface area contributed by atoms with Gasteiger partial charge in [-0.1, -0.05) is 38.0 Å². The molecule has 0 fully saturated rings. The number of carbonyl (C=O) groups is 1. The zero-order chi connectivity index (χ0) is 17.5. The quantitative estimate of drug-likeness (QED) is 0.654. The van der Waals surface area contributed by atoms with Crippen molar-refractivity contribution >= 4 is 16.9 Å². The van der Waals surface area contributed by atoms with Crippen LogP contribution in [0, 0.1) is 0 Å². The molecule has 1 atom stereocenters. The van der Waals surface area contributed by atoms with Gasteiger partial charge in [-0.25, -0.2) is 4.98 Å². The summed E-state index contributed by atoms with van der Waals surface area (Å²) in [6.07, 6.45) is 7.72. The van der Waals surface area contributed by atoms with E-state index in [0.717, 1.165) is 41.7 Å². The van der Waals surface area contributed by atoms with Crippen molar-refractivity contribution in [3.63, 3.8) is 0 Å². The minimum atomic E-state index is 0.0248. The lowest BCUT2D eigenvalue weighted by Crippen LogP contribution is -2.29. The topological polar surface area (TPSA) is 70.7 Å². The van der Waals surface area contributed by atoms with Crippen molar-refractivity contribution in [2.45, 2.75) is 45.1 Å². The molecule has 0 spiro atoms. The number of fused-ring (bicyclic) bond motifs is 1. The first-order chi connectivity index (χ1) is 12.3. The molecule has 0 saturated carbocycles. The molecule has 5 nitrogen and oxygen atoms in total. The summed E-state index contributed by atoms with van der Waals surface area (Å²) >= 11 is 0. The smallest absolute Gasteiger partial charge is 0.220 e. The number of nitrogens with one attached hydrogen (secondary N) is 2. The van der Waals surface area contributed by atoms with Crippen LogP contribution in [0.5, 0.6) is 0 Å². The van der Waals surface area contributed by atoms with Crippen LogP contribution < -0.4 is 5.32 Å². The predicted molar refractivity (Wildman–Crippen MR) is 99.1 cm³/mol. The average molecular weight is 336 g/mol. The van der Waals surface area contributed by atoms with E-state index in [9.17, 15) is 4.79 Å². The van der Waals surface area contributed by atoms with Crippen LogP contribution in [0.25, 0.3) is 11.0 Å². The molecule has 1 aromatic carbocycles. The number of unbranched alkanes of at least 4 members (excludes halogenated alkanes) is 1. The van der Waals surface area contributed by atoms with E-state index in [1.165, 1.54) is 0 Å². The molecule has 0 bridgehead atoms. The normalized spacial score (nSPS) is 12.2. The van der Waals surface area contributed by atoms with Gasteiger partial charge in [-0.05, 0) is 30.2 Å². The van der Waals surface area contributed by atoms with E-state index in [2.05, 4.69) is 27.2 Å². The summed E-state index contributed by atoms with van der Waals surface area (Å²) in [5, 5.41) is 3.15. The second-order valence-corrected chi connectivity index (χ2v) is 6.25. The monoisotopic (exact) mass is 336 g/mol. The Morgan fingerprint density at radius 1 is 1.24 bits per heavy atom. The minimum Gasteiger partial charge on any atom is -0.349 e. The Bertz CT molecular complexity index is 780. The molecule has 5 heteroatoms. The van der Waals surface area contributed by atoms with Crippen molar-refractivity contribution < 1.29 is 4.79 Å². The Morgan fingerprint density at radius 3 is 2.88 bits per heavy atom. The van der Waals surface area contributed by atoms with E-state index in [-0.39, 0.29) is 11.9 Å². The first-order valence-electron chi connectivity index (χ1n) is 8.89. The van der Waals surface area contributed by atoms with Gasteiger partial charge < -0.3 is 10.3 Å². The Hall–Kier alpha value is -2.69. The lowest BCUT2D eigenvalue weighted by atomic mass is 10.0. The Labute approximate surface area is 147 Å². The molecule has 25 heavy (non-hydrogen) atoms. The Kier molecular flexibility index (Phi) is 5.77. The lowest BCUT2D eigenvalue weighted by Gasteiger charge is -2.18. The number of nitrogens with zero attached hydrogens (tertiary/aromatic N) is 2. The highest BCUT2D eigenvalue weighted by Crippen LogP contribution is 2.19. The second-order valence-electron chi connectivity index (χ2n) is 6.25. The van der Waals surface area contributed by atoms with Gasteiger partial charge in [0, 0.05) is 25.2 Å². The van der Waals surface area contributed by atoms with E-state index in [1.54, 1.807) is 6.20 Å². The second kappa shape index (κ2) is 8.42. The number of para-hydroxylation sites is 2. The molecule has 3 rings (SSSR count). The number of carbonyl (C=O) groups excluding carboxylic acids is 1. The number of pyridine rings is 1. The number of aromatic nitrogens is 3. The number of hydrogen-bond acceptors (Lipinski definition) is 3. The molecule has 1 amide bonds. The number of aryl methyl sites for hydroxylation is 1. The molecule has 0 aliphatic heterocycles. The number of hydrogen-bond donors (Lipinski definition) is 2. The summed E-state index contributed by atoms with van der Waals surface area (Å²) in [5.41, 5.74) is 3.01. The molecular formula is C20H24N4O. The van der Waals surface area contributed by atoms with E-state index < -0.39 is 0 Å². The zero-order valence-corrected chi connectivity index (χ0v) is 14.5. The highest BCUT2D eigenvalue weighted by Gasteiger charge is 2.15. The maximum Gasteiger partial charge on any atom is 0.220 e. The summed E-state index contributed by atoms with van der Waals surface area (Å²) in [6, 6.07) is 11.9. The molecule has 2 heterocycles. The van der Waals surface area contributed by atoms with Crippen LogP contribution >= 0.6 is 0 Å². The molecule has 0 saturated heterocycles.